The Kier molecular flexibility index (Phi) is 6.91. The van der Waals surface area contributed by atoms with Crippen molar-refractivity contribution >= 4 is 41.2 Å². The zero-order chi connectivity index (χ0) is 25.8. The summed E-state index contributed by atoms with van der Waals surface area (Å²) in [4.78, 5) is 51.0. The molecule has 0 aliphatic carbocycles. The maximum Gasteiger partial charge on any atom is 0.335 e. The first-order chi connectivity index (χ1) is 17.2. The van der Waals surface area contributed by atoms with Crippen molar-refractivity contribution in [1.29, 1.82) is 0 Å². The van der Waals surface area contributed by atoms with Crippen LogP contribution in [0.15, 0.2) is 72.3 Å². The minimum absolute atomic E-state index is 0.102. The third kappa shape index (κ3) is 5.30. The van der Waals surface area contributed by atoms with Gasteiger partial charge in [-0.1, -0.05) is 24.3 Å². The van der Waals surface area contributed by atoms with Crippen molar-refractivity contribution in [3.05, 3.63) is 94.8 Å². The molecule has 36 heavy (non-hydrogen) atoms. The highest BCUT2D eigenvalue weighted by atomic mass is 19.1. The van der Waals surface area contributed by atoms with Crippen LogP contribution in [0.25, 0.3) is 6.08 Å². The van der Waals surface area contributed by atoms with Crippen molar-refractivity contribution in [2.24, 2.45) is 0 Å². The van der Waals surface area contributed by atoms with Crippen LogP contribution >= 0.6 is 0 Å². The quantitative estimate of drug-likeness (QED) is 0.402. The number of halogens is 1. The largest absolute Gasteiger partial charge is 0.483 e. The van der Waals surface area contributed by atoms with Crippen LogP contribution in [-0.4, -0.2) is 30.4 Å². The predicted octanol–water partition coefficient (Wildman–Crippen LogP) is 4.13. The fourth-order valence-electron chi connectivity index (χ4n) is 3.53. The molecule has 3 aromatic carbocycles. The molecular formula is C27H22FN3O5. The first kappa shape index (κ1) is 24.3. The summed E-state index contributed by atoms with van der Waals surface area (Å²) in [5, 5.41) is 4.87. The average Bonchev–Trinajstić information content (AvgIpc) is 2.84. The molecular weight excluding hydrogens is 465 g/mol. The molecule has 0 saturated carbocycles. The number of aryl methyl sites for hydroxylation is 2. The summed E-state index contributed by atoms with van der Waals surface area (Å²) in [5.74, 6) is -2.43. The lowest BCUT2D eigenvalue weighted by molar-refractivity contribution is -0.122. The molecule has 3 aromatic rings. The first-order valence-corrected chi connectivity index (χ1v) is 11.0. The number of ether oxygens (including phenoxy) is 1. The van der Waals surface area contributed by atoms with Crippen LogP contribution in [-0.2, 0) is 14.4 Å². The zero-order valence-electron chi connectivity index (χ0n) is 19.5. The number of hydrogen-bond donors (Lipinski definition) is 2. The molecule has 1 fully saturated rings. The summed E-state index contributed by atoms with van der Waals surface area (Å²) < 4.78 is 19.0. The highest BCUT2D eigenvalue weighted by molar-refractivity contribution is 6.39. The Morgan fingerprint density at radius 3 is 2.44 bits per heavy atom. The van der Waals surface area contributed by atoms with E-state index in [4.69, 9.17) is 4.74 Å². The highest BCUT2D eigenvalue weighted by Crippen LogP contribution is 2.26. The summed E-state index contributed by atoms with van der Waals surface area (Å²) in [6, 6.07) is 15.8. The van der Waals surface area contributed by atoms with Crippen LogP contribution in [0, 0.1) is 19.7 Å². The Hall–Kier alpha value is -4.79. The lowest BCUT2D eigenvalue weighted by Crippen LogP contribution is -2.54. The smallest absolute Gasteiger partial charge is 0.335 e. The molecule has 0 atom stereocenters. The summed E-state index contributed by atoms with van der Waals surface area (Å²) in [5.41, 5.74) is 2.90. The van der Waals surface area contributed by atoms with Crippen LogP contribution in [0.5, 0.6) is 5.75 Å². The maximum atomic E-state index is 13.3. The number of urea groups is 1. The molecule has 0 unspecified atom stereocenters. The van der Waals surface area contributed by atoms with Crippen LogP contribution in [0.1, 0.15) is 16.7 Å². The number of benzene rings is 3. The summed E-state index contributed by atoms with van der Waals surface area (Å²) in [6.45, 7) is 3.60. The first-order valence-electron chi connectivity index (χ1n) is 11.0. The number of nitrogens with zero attached hydrogens (tertiary/aromatic N) is 1. The van der Waals surface area contributed by atoms with Crippen molar-refractivity contribution in [1.82, 2.24) is 5.32 Å². The van der Waals surface area contributed by atoms with Gasteiger partial charge in [0.25, 0.3) is 17.7 Å². The Morgan fingerprint density at radius 2 is 1.72 bits per heavy atom. The maximum absolute atomic E-state index is 13.3. The number of rotatable bonds is 6. The van der Waals surface area contributed by atoms with E-state index in [2.05, 4.69) is 10.6 Å². The molecule has 9 heteroatoms. The molecule has 0 radical (unpaired) electrons. The number of barbiturate groups is 1. The van der Waals surface area contributed by atoms with E-state index in [-0.39, 0.29) is 29.5 Å². The van der Waals surface area contributed by atoms with Crippen LogP contribution in [0.4, 0.5) is 20.6 Å². The van der Waals surface area contributed by atoms with Gasteiger partial charge in [-0.15, -0.1) is 0 Å². The van der Waals surface area contributed by atoms with Gasteiger partial charge in [0.2, 0.25) is 0 Å². The normalized spacial score (nSPS) is 14.6. The van der Waals surface area contributed by atoms with Gasteiger partial charge in [0, 0.05) is 11.3 Å². The lowest BCUT2D eigenvalue weighted by atomic mass is 10.1. The second-order valence-corrected chi connectivity index (χ2v) is 8.11. The average molecular weight is 487 g/mol. The van der Waals surface area contributed by atoms with Gasteiger partial charge >= 0.3 is 6.03 Å². The molecule has 0 spiro atoms. The number of amides is 5. The fourth-order valence-corrected chi connectivity index (χ4v) is 3.53. The molecule has 2 N–H and O–H groups in total. The van der Waals surface area contributed by atoms with E-state index in [0.29, 0.717) is 11.3 Å². The van der Waals surface area contributed by atoms with E-state index < -0.39 is 23.7 Å². The van der Waals surface area contributed by atoms with Gasteiger partial charge in [-0.3, -0.25) is 19.7 Å². The number of anilines is 2. The molecule has 0 aromatic heterocycles. The fraction of sp³-hybridized carbons (Fsp3) is 0.111. The Balaban J connectivity index is 1.53. The van der Waals surface area contributed by atoms with Crippen molar-refractivity contribution in [2.75, 3.05) is 16.8 Å². The lowest BCUT2D eigenvalue weighted by Gasteiger charge is -2.26. The number of carbonyl (C=O) groups is 4. The van der Waals surface area contributed by atoms with E-state index in [0.717, 1.165) is 28.2 Å². The minimum atomic E-state index is -0.943. The topological polar surface area (TPSA) is 105 Å². The molecule has 182 valence electrons. The van der Waals surface area contributed by atoms with Crippen LogP contribution < -0.4 is 20.3 Å². The third-order valence-electron chi connectivity index (χ3n) is 5.55. The molecule has 5 amide bonds. The molecule has 1 heterocycles. The van der Waals surface area contributed by atoms with Gasteiger partial charge in [-0.2, -0.15) is 0 Å². The molecule has 1 aliphatic rings. The molecule has 1 saturated heterocycles. The van der Waals surface area contributed by atoms with E-state index in [9.17, 15) is 23.6 Å². The molecule has 8 nitrogen and oxygen atoms in total. The Labute approximate surface area is 206 Å². The second kappa shape index (κ2) is 10.2. The van der Waals surface area contributed by atoms with Crippen molar-refractivity contribution in [2.45, 2.75) is 13.8 Å². The molecule has 1 aliphatic heterocycles. The van der Waals surface area contributed by atoms with E-state index in [1.54, 1.807) is 30.3 Å². The second-order valence-electron chi connectivity index (χ2n) is 8.11. The van der Waals surface area contributed by atoms with Gasteiger partial charge in [-0.25, -0.2) is 14.1 Å². The third-order valence-corrected chi connectivity index (χ3v) is 5.55. The van der Waals surface area contributed by atoms with Gasteiger partial charge in [0.15, 0.2) is 6.61 Å². The SMILES string of the molecule is Cc1ccc(NC(=O)COc2ccccc2/C=C2\C(=O)NC(=O)N(c3ccc(F)cc3)C2=O)cc1C. The van der Waals surface area contributed by atoms with Crippen LogP contribution in [0.3, 0.4) is 0 Å². The van der Waals surface area contributed by atoms with Crippen molar-refractivity contribution in [3.63, 3.8) is 0 Å². The van der Waals surface area contributed by atoms with Crippen molar-refractivity contribution < 1.29 is 28.3 Å². The Morgan fingerprint density at radius 1 is 1.00 bits per heavy atom. The minimum Gasteiger partial charge on any atom is -0.483 e. The number of para-hydroxylation sites is 1. The van der Waals surface area contributed by atoms with E-state index in [1.807, 2.05) is 26.0 Å². The zero-order valence-corrected chi connectivity index (χ0v) is 19.5. The number of hydrogen-bond acceptors (Lipinski definition) is 5. The highest BCUT2D eigenvalue weighted by Gasteiger charge is 2.37. The van der Waals surface area contributed by atoms with Crippen molar-refractivity contribution in [3.8, 4) is 5.75 Å². The van der Waals surface area contributed by atoms with E-state index >= 15 is 0 Å². The Bertz CT molecular complexity index is 1400. The molecule has 0 bridgehead atoms. The van der Waals surface area contributed by atoms with Crippen LogP contribution in [0.2, 0.25) is 0 Å². The predicted molar refractivity (Wildman–Crippen MR) is 132 cm³/mol. The standard InChI is InChI=1S/C27H22FN3O5/c1-16-7-10-20(13-17(16)2)29-24(32)15-36-23-6-4-3-5-18(23)14-22-25(33)30-27(35)31(26(22)34)21-11-8-19(28)9-12-21/h3-14H,15H2,1-2H3,(H,29,32)(H,30,33,35)/b22-14+. The molecule has 4 rings (SSSR count). The monoisotopic (exact) mass is 487 g/mol. The number of imide groups is 2. The van der Waals surface area contributed by atoms with E-state index in [1.165, 1.54) is 18.2 Å². The number of carbonyl (C=O) groups excluding carboxylic acids is 4. The van der Waals surface area contributed by atoms with Gasteiger partial charge in [-0.05, 0) is 73.5 Å². The summed E-state index contributed by atoms with van der Waals surface area (Å²) in [7, 11) is 0. The van der Waals surface area contributed by atoms with Gasteiger partial charge in [0.1, 0.15) is 17.1 Å². The summed E-state index contributed by atoms with van der Waals surface area (Å²) in [6.07, 6.45) is 1.28. The summed E-state index contributed by atoms with van der Waals surface area (Å²) >= 11 is 0. The van der Waals surface area contributed by atoms with Gasteiger partial charge < -0.3 is 10.1 Å². The van der Waals surface area contributed by atoms with Gasteiger partial charge in [0.05, 0.1) is 5.69 Å². The number of nitrogens with one attached hydrogen (secondary N) is 2.